The van der Waals surface area contributed by atoms with Gasteiger partial charge in [-0.1, -0.05) is 0 Å². The summed E-state index contributed by atoms with van der Waals surface area (Å²) in [6.45, 7) is 1.36. The molecule has 3 N–H and O–H groups in total. The molecule has 6 heteroatoms. The first-order chi connectivity index (χ1) is 4.04. The third kappa shape index (κ3) is 4.07. The van der Waals surface area contributed by atoms with Crippen molar-refractivity contribution in [1.82, 2.24) is 0 Å². The molecule has 5 nitrogen and oxygen atoms in total. The number of hydrogen-bond acceptors (Lipinski definition) is 4. The minimum absolute atomic E-state index is 0.860. The van der Waals surface area contributed by atoms with Gasteiger partial charge in [0.15, 0.2) is 0 Å². The smallest absolute Gasteiger partial charge is 0.342 e. The Bertz CT molecular complexity index is 134. The number of nitrogens with two attached hydrogens (primary N) is 1. The van der Waals surface area contributed by atoms with Crippen LogP contribution >= 0.6 is 0 Å². The average molecular weight is 153 g/mol. The van der Waals surface area contributed by atoms with Crippen molar-refractivity contribution < 1.29 is 17.7 Å². The Balaban J connectivity index is 3.64. The second kappa shape index (κ2) is 3.54. The van der Waals surface area contributed by atoms with Crippen LogP contribution in [0, 0.1) is 0 Å². The second-order valence-electron chi connectivity index (χ2n) is 1.41. The van der Waals surface area contributed by atoms with E-state index < -0.39 is 23.4 Å². The molecular weight excluding hydrogens is 146 g/mol. The molecule has 54 valence electrons. The Labute approximate surface area is 54.7 Å². The molecule has 0 aromatic carbocycles. The molecule has 0 aliphatic rings. The summed E-state index contributed by atoms with van der Waals surface area (Å²) in [5.41, 5.74) is 4.96. The Morgan fingerprint density at radius 1 is 1.89 bits per heavy atom. The summed E-state index contributed by atoms with van der Waals surface area (Å²) >= 11 is -2.55. The van der Waals surface area contributed by atoms with Crippen molar-refractivity contribution in [1.29, 1.82) is 0 Å². The summed E-state index contributed by atoms with van der Waals surface area (Å²) in [6, 6.07) is -0.860. The van der Waals surface area contributed by atoms with Crippen molar-refractivity contribution >= 4 is 17.3 Å². The standard InChI is InChI=1S/C3H7NO4S/c1-2(4)3(5)8-9(6)7/h2H,4H2,1H3,(H,6,7)/t2-/m0/s1. The monoisotopic (exact) mass is 153 g/mol. The van der Waals surface area contributed by atoms with E-state index in [0.717, 1.165) is 0 Å². The van der Waals surface area contributed by atoms with Crippen LogP contribution in [0.5, 0.6) is 0 Å². The van der Waals surface area contributed by atoms with Crippen molar-refractivity contribution in [2.45, 2.75) is 13.0 Å². The van der Waals surface area contributed by atoms with Gasteiger partial charge >= 0.3 is 17.3 Å². The molecule has 0 aliphatic carbocycles. The highest BCUT2D eigenvalue weighted by molar-refractivity contribution is 7.74. The van der Waals surface area contributed by atoms with Gasteiger partial charge in [0, 0.05) is 0 Å². The van der Waals surface area contributed by atoms with Gasteiger partial charge in [0.25, 0.3) is 0 Å². The van der Waals surface area contributed by atoms with Crippen LogP contribution in [-0.2, 0) is 20.3 Å². The van der Waals surface area contributed by atoms with Crippen LogP contribution < -0.4 is 5.73 Å². The zero-order valence-electron chi connectivity index (χ0n) is 4.73. The van der Waals surface area contributed by atoms with E-state index in [1.165, 1.54) is 6.92 Å². The molecule has 0 saturated carbocycles. The number of hydrogen-bond donors (Lipinski definition) is 2. The Hall–Kier alpha value is -0.460. The highest BCUT2D eigenvalue weighted by atomic mass is 32.2. The maximum atomic E-state index is 10.3. The fraction of sp³-hybridized carbons (Fsp3) is 0.667. The minimum atomic E-state index is -2.55. The Morgan fingerprint density at radius 2 is 2.33 bits per heavy atom. The minimum Gasteiger partial charge on any atom is -0.342 e. The molecule has 0 aromatic rings. The SMILES string of the molecule is C[C@H](N)C(=O)OS(=O)O. The molecule has 0 fully saturated rings. The first-order valence-electron chi connectivity index (χ1n) is 2.12. The fourth-order valence-electron chi connectivity index (χ4n) is 0.146. The predicted octanol–water partition coefficient (Wildman–Crippen LogP) is -0.987. The van der Waals surface area contributed by atoms with E-state index in [0.29, 0.717) is 0 Å². The van der Waals surface area contributed by atoms with Crippen LogP contribution in [-0.4, -0.2) is 20.8 Å². The van der Waals surface area contributed by atoms with Crippen molar-refractivity contribution in [3.63, 3.8) is 0 Å². The van der Waals surface area contributed by atoms with E-state index in [4.69, 9.17) is 10.3 Å². The van der Waals surface area contributed by atoms with Crippen molar-refractivity contribution in [3.05, 3.63) is 0 Å². The zero-order valence-corrected chi connectivity index (χ0v) is 5.55. The highest BCUT2D eigenvalue weighted by Gasteiger charge is 2.10. The van der Waals surface area contributed by atoms with Gasteiger partial charge in [0.1, 0.15) is 6.04 Å². The molecule has 0 rings (SSSR count). The quantitative estimate of drug-likeness (QED) is 0.497. The molecular formula is C3H7NO4S. The van der Waals surface area contributed by atoms with Gasteiger partial charge in [0.2, 0.25) is 0 Å². The van der Waals surface area contributed by atoms with E-state index in [9.17, 15) is 9.00 Å². The summed E-state index contributed by atoms with van der Waals surface area (Å²) in [6.07, 6.45) is 0. The average Bonchev–Trinajstić information content (AvgIpc) is 1.63. The maximum absolute atomic E-state index is 10.3. The molecule has 0 heterocycles. The Morgan fingerprint density at radius 3 is 2.44 bits per heavy atom. The predicted molar refractivity (Wildman–Crippen MR) is 30.5 cm³/mol. The Kier molecular flexibility index (Phi) is 3.36. The molecule has 0 saturated heterocycles. The fourth-order valence-corrected chi connectivity index (χ4v) is 0.438. The van der Waals surface area contributed by atoms with Crippen LogP contribution in [0.4, 0.5) is 0 Å². The molecule has 2 atom stereocenters. The van der Waals surface area contributed by atoms with Crippen molar-refractivity contribution in [3.8, 4) is 0 Å². The zero-order chi connectivity index (χ0) is 7.44. The van der Waals surface area contributed by atoms with Crippen LogP contribution in [0.2, 0.25) is 0 Å². The lowest BCUT2D eigenvalue weighted by Gasteiger charge is -1.99. The first kappa shape index (κ1) is 8.54. The molecule has 0 spiro atoms. The van der Waals surface area contributed by atoms with Gasteiger partial charge in [-0.2, -0.15) is 4.21 Å². The van der Waals surface area contributed by atoms with Crippen LogP contribution in [0.15, 0.2) is 0 Å². The normalized spacial score (nSPS) is 16.3. The van der Waals surface area contributed by atoms with Gasteiger partial charge < -0.3 is 9.92 Å². The molecule has 0 aromatic heterocycles. The number of rotatable bonds is 2. The lowest BCUT2D eigenvalue weighted by atomic mass is 10.4. The topological polar surface area (TPSA) is 89.6 Å². The summed E-state index contributed by atoms with van der Waals surface area (Å²) in [5, 5.41) is 0. The van der Waals surface area contributed by atoms with E-state index in [1.54, 1.807) is 0 Å². The van der Waals surface area contributed by atoms with Crippen LogP contribution in [0.1, 0.15) is 6.92 Å². The maximum Gasteiger partial charge on any atom is 0.360 e. The lowest BCUT2D eigenvalue weighted by Crippen LogP contribution is -2.29. The first-order valence-corrected chi connectivity index (χ1v) is 3.16. The summed E-state index contributed by atoms with van der Waals surface area (Å²) in [4.78, 5) is 10.3. The second-order valence-corrected chi connectivity index (χ2v) is 2.01. The number of carbonyl (C=O) groups is 1. The third-order valence-corrected chi connectivity index (χ3v) is 0.832. The molecule has 0 amide bonds. The molecule has 0 radical (unpaired) electrons. The van der Waals surface area contributed by atoms with Gasteiger partial charge in [-0.3, -0.25) is 4.55 Å². The van der Waals surface area contributed by atoms with Gasteiger partial charge in [-0.05, 0) is 6.92 Å². The lowest BCUT2D eigenvalue weighted by molar-refractivity contribution is -0.134. The molecule has 9 heavy (non-hydrogen) atoms. The molecule has 1 unspecified atom stereocenters. The van der Waals surface area contributed by atoms with Gasteiger partial charge in [0.05, 0.1) is 0 Å². The van der Waals surface area contributed by atoms with E-state index >= 15 is 0 Å². The number of carbonyl (C=O) groups excluding carboxylic acids is 1. The van der Waals surface area contributed by atoms with Crippen LogP contribution in [0.3, 0.4) is 0 Å². The summed E-state index contributed by atoms with van der Waals surface area (Å²) in [5.74, 6) is -0.893. The summed E-state index contributed by atoms with van der Waals surface area (Å²) in [7, 11) is 0. The van der Waals surface area contributed by atoms with E-state index in [2.05, 4.69) is 4.18 Å². The van der Waals surface area contributed by atoms with Crippen LogP contribution in [0.25, 0.3) is 0 Å². The van der Waals surface area contributed by atoms with E-state index in [-0.39, 0.29) is 0 Å². The van der Waals surface area contributed by atoms with Crippen molar-refractivity contribution in [2.75, 3.05) is 0 Å². The highest BCUT2D eigenvalue weighted by Crippen LogP contribution is 1.85. The van der Waals surface area contributed by atoms with Crippen molar-refractivity contribution in [2.24, 2.45) is 5.73 Å². The van der Waals surface area contributed by atoms with Gasteiger partial charge in [-0.25, -0.2) is 4.79 Å². The summed E-state index contributed by atoms with van der Waals surface area (Å²) < 4.78 is 21.4. The molecule has 0 aliphatic heterocycles. The van der Waals surface area contributed by atoms with Gasteiger partial charge in [-0.15, -0.1) is 0 Å². The third-order valence-electron chi connectivity index (χ3n) is 0.525. The van der Waals surface area contributed by atoms with E-state index in [1.807, 2.05) is 0 Å². The largest absolute Gasteiger partial charge is 0.360 e. The molecule has 0 bridgehead atoms.